The van der Waals surface area contributed by atoms with Crippen molar-refractivity contribution in [2.45, 2.75) is 210 Å². The summed E-state index contributed by atoms with van der Waals surface area (Å²) in [6.07, 6.45) is 18.9. The summed E-state index contributed by atoms with van der Waals surface area (Å²) in [6.45, 7) is 45.3. The number of anilines is 1. The van der Waals surface area contributed by atoms with Gasteiger partial charge in [-0.05, 0) is 182 Å². The number of carbonyl (C=O) groups is 2. The first-order chi connectivity index (χ1) is 42.2. The molecule has 2 aromatic heterocycles. The second-order valence-corrected chi connectivity index (χ2v) is 27.6. The first kappa shape index (κ1) is 72.3. The van der Waals surface area contributed by atoms with Crippen molar-refractivity contribution in [2.24, 2.45) is 22.7 Å². The number of hydrogen-bond donors (Lipinski definition) is 2. The predicted octanol–water partition coefficient (Wildman–Crippen LogP) is 13.0. The Labute approximate surface area is 533 Å². The van der Waals surface area contributed by atoms with Crippen LogP contribution < -0.4 is 15.6 Å². The van der Waals surface area contributed by atoms with Gasteiger partial charge in [0.2, 0.25) is 5.91 Å². The minimum Gasteiger partial charge on any atom is -0.501 e. The van der Waals surface area contributed by atoms with Crippen molar-refractivity contribution in [3.05, 3.63) is 101 Å². The van der Waals surface area contributed by atoms with Crippen LogP contribution in [0.5, 0.6) is 0 Å². The summed E-state index contributed by atoms with van der Waals surface area (Å²) in [6, 6.07) is 14.9. The van der Waals surface area contributed by atoms with E-state index >= 15 is 4.79 Å². The van der Waals surface area contributed by atoms with Gasteiger partial charge in [0.15, 0.2) is 0 Å². The van der Waals surface area contributed by atoms with Crippen molar-refractivity contribution >= 4 is 28.6 Å². The van der Waals surface area contributed by atoms with Gasteiger partial charge in [0.1, 0.15) is 6.04 Å². The lowest BCUT2D eigenvalue weighted by Crippen LogP contribution is -2.73. The molecule has 3 aromatic rings. The average Bonchev–Trinajstić information content (AvgIpc) is 1.45. The number of pyridine rings is 2. The van der Waals surface area contributed by atoms with Crippen LogP contribution in [0, 0.1) is 43.4 Å². The van der Waals surface area contributed by atoms with Crippen molar-refractivity contribution < 1.29 is 28.5 Å². The molecule has 88 heavy (non-hydrogen) atoms. The molecule has 0 radical (unpaired) electrons. The molecule has 15 heteroatoms. The molecule has 2 amide bonds. The molecular formula is C73H119N9O6. The van der Waals surface area contributed by atoms with Crippen LogP contribution in [0.2, 0.25) is 0 Å². The number of hydrogen-bond acceptors (Lipinski definition) is 13. The minimum atomic E-state index is -0.733. The van der Waals surface area contributed by atoms with Gasteiger partial charge in [-0.1, -0.05) is 93.4 Å². The average molecular weight is 1220 g/mol. The number of ether oxygens (including phenoxy) is 4. The van der Waals surface area contributed by atoms with Gasteiger partial charge in [-0.3, -0.25) is 34.4 Å². The monoisotopic (exact) mass is 1220 g/mol. The number of likely N-dealkylation sites (tertiary alicyclic amines) is 1. The molecule has 4 saturated heterocycles. The molecule has 5 unspecified atom stereocenters. The summed E-state index contributed by atoms with van der Waals surface area (Å²) < 4.78 is 23.2. The Hall–Kier alpha value is -4.74. The maximum Gasteiger partial charge on any atom is 0.260 e. The summed E-state index contributed by atoms with van der Waals surface area (Å²) in [4.78, 5) is 48.8. The van der Waals surface area contributed by atoms with Gasteiger partial charge in [-0.2, -0.15) is 0 Å². The summed E-state index contributed by atoms with van der Waals surface area (Å²) >= 11 is 0. The number of hydrazine groups is 1. The van der Waals surface area contributed by atoms with Crippen LogP contribution in [0.1, 0.15) is 193 Å². The second-order valence-electron chi connectivity index (χ2n) is 27.6. The van der Waals surface area contributed by atoms with Crippen LogP contribution in [0.3, 0.4) is 0 Å². The Morgan fingerprint density at radius 2 is 1.58 bits per heavy atom. The van der Waals surface area contributed by atoms with Crippen molar-refractivity contribution in [3.8, 4) is 0 Å². The molecule has 9 rings (SSSR count). The Morgan fingerprint density at radius 3 is 2.12 bits per heavy atom. The summed E-state index contributed by atoms with van der Waals surface area (Å²) in [5.74, 6) is 0.672. The van der Waals surface area contributed by atoms with Gasteiger partial charge < -0.3 is 34.1 Å². The molecule has 6 heterocycles. The highest BCUT2D eigenvalue weighted by molar-refractivity contribution is 5.93. The molecule has 6 fully saturated rings. The SMILES string of the molecule is C=COCC(C)(C)C/C(=C(/C)c1cc(C)cnc1C(C)OC)c1cc(N(CCC2CC2)CCC(C(NC(=O)C(C(C)C)N2CCOCC2)C(=O)N2CCCC(C)N2)N2CC3(COC3)C2)ccc1C.CCC.CCCN(CCC)C1CC1.Cc1ccccn1. The first-order valence-electron chi connectivity index (χ1n) is 34.1. The van der Waals surface area contributed by atoms with E-state index in [4.69, 9.17) is 23.9 Å². The molecule has 2 saturated carbocycles. The van der Waals surface area contributed by atoms with E-state index < -0.39 is 6.04 Å². The van der Waals surface area contributed by atoms with Gasteiger partial charge in [-0.15, -0.1) is 0 Å². The largest absolute Gasteiger partial charge is 0.501 e. The zero-order valence-electron chi connectivity index (χ0n) is 57.6. The number of aromatic nitrogens is 2. The third kappa shape index (κ3) is 21.7. The summed E-state index contributed by atoms with van der Waals surface area (Å²) in [5.41, 5.74) is 13.6. The fraction of sp³-hybridized carbons (Fsp3) is 0.699. The number of allylic oxidation sites excluding steroid dienone is 2. The van der Waals surface area contributed by atoms with Crippen molar-refractivity contribution in [2.75, 3.05) is 104 Å². The maximum atomic E-state index is 15.2. The number of nitrogens with zero attached hydrogens (tertiary/aromatic N) is 7. The quantitative estimate of drug-likeness (QED) is 0.0668. The number of methoxy groups -OCH3 is 1. The van der Waals surface area contributed by atoms with E-state index in [-0.39, 0.29) is 52.8 Å². The minimum absolute atomic E-state index is 0.0477. The molecule has 1 spiro atoms. The molecular weight excluding hydrogens is 1100 g/mol. The van der Waals surface area contributed by atoms with Crippen LogP contribution in [-0.4, -0.2) is 171 Å². The molecule has 6 aliphatic rings. The van der Waals surface area contributed by atoms with Gasteiger partial charge in [-0.25, -0.2) is 5.43 Å². The Balaban J connectivity index is 0.000000523. The lowest BCUT2D eigenvalue weighted by molar-refractivity contribution is -0.202. The summed E-state index contributed by atoms with van der Waals surface area (Å²) in [5, 5.41) is 5.29. The molecule has 0 bridgehead atoms. The molecule has 2 N–H and O–H groups in total. The second kappa shape index (κ2) is 35.8. The van der Waals surface area contributed by atoms with E-state index in [1.54, 1.807) is 13.3 Å². The fourth-order valence-electron chi connectivity index (χ4n) is 13.0. The number of benzene rings is 1. The molecule has 492 valence electrons. The summed E-state index contributed by atoms with van der Waals surface area (Å²) in [7, 11) is 1.74. The van der Waals surface area contributed by atoms with E-state index in [1.807, 2.05) is 36.3 Å². The smallest absolute Gasteiger partial charge is 0.260 e. The number of amides is 2. The third-order valence-electron chi connectivity index (χ3n) is 18.2. The van der Waals surface area contributed by atoms with Crippen LogP contribution >= 0.6 is 0 Å². The first-order valence-corrected chi connectivity index (χ1v) is 34.1. The van der Waals surface area contributed by atoms with Crippen LogP contribution in [-0.2, 0) is 28.5 Å². The normalized spacial score (nSPS) is 20.1. The number of nitrogens with one attached hydrogen (secondary N) is 2. The van der Waals surface area contributed by atoms with Gasteiger partial charge >= 0.3 is 0 Å². The maximum absolute atomic E-state index is 15.2. The van der Waals surface area contributed by atoms with Crippen LogP contribution in [0.4, 0.5) is 5.69 Å². The number of carbonyl (C=O) groups excluding carboxylic acids is 2. The number of aryl methyl sites for hydroxylation is 3. The van der Waals surface area contributed by atoms with E-state index in [0.717, 1.165) is 99.6 Å². The van der Waals surface area contributed by atoms with Gasteiger partial charge in [0, 0.05) is 111 Å². The molecule has 4 aliphatic heterocycles. The highest BCUT2D eigenvalue weighted by atomic mass is 16.5. The molecule has 1 aromatic carbocycles. The van der Waals surface area contributed by atoms with E-state index in [9.17, 15) is 4.79 Å². The fourth-order valence-corrected chi connectivity index (χ4v) is 13.0. The van der Waals surface area contributed by atoms with Crippen molar-refractivity contribution in [1.82, 2.24) is 40.4 Å². The lowest BCUT2D eigenvalue weighted by Gasteiger charge is -2.58. The highest BCUT2D eigenvalue weighted by Gasteiger charge is 2.53. The van der Waals surface area contributed by atoms with Crippen LogP contribution in [0.15, 0.2) is 67.7 Å². The van der Waals surface area contributed by atoms with Crippen LogP contribution in [0.25, 0.3) is 11.1 Å². The van der Waals surface area contributed by atoms with Crippen molar-refractivity contribution in [1.29, 1.82) is 0 Å². The highest BCUT2D eigenvalue weighted by Crippen LogP contribution is 2.43. The van der Waals surface area contributed by atoms with Gasteiger partial charge in [0.05, 0.1) is 57.1 Å². The number of morpholine rings is 1. The standard InChI is InChI=1S/C55H85N7O6.C9H19N.C6H7N.C3H8/c1-12-66-34-54(9,10)30-47(41(7)46-28-38(4)31-56-49(46)42(8)65-11)45-29-44(18-15-39(45)5)59(22-19-43-16-17-43)23-20-48(61-32-55(33-61)35-68-36-55)50(53(64)62-21-13-14-40(6)58-62)57-52(63)51(37(2)3)60-24-26-67-27-25-60;1-3-7-10(8-4-2)9-5-6-9;1-6-4-2-3-5-7-6;1-3-2/h12,15,18,28-29,31,37,40,42-43,48,50-51,58H,1,13-14,16-17,19-27,30,32-36H2,2-11H3,(H,57,63);9H,3-8H2,1-2H3;2-5H,1H3;3H2,1-2H3/b47-41+;;;. The Kier molecular flexibility index (Phi) is 29.4. The molecule has 15 nitrogen and oxygen atoms in total. The Bertz CT molecular complexity index is 2600. The van der Waals surface area contributed by atoms with E-state index in [0.29, 0.717) is 45.9 Å². The van der Waals surface area contributed by atoms with E-state index in [1.165, 1.54) is 92.3 Å². The van der Waals surface area contributed by atoms with E-state index in [2.05, 4.69) is 156 Å². The zero-order valence-corrected chi connectivity index (χ0v) is 57.6. The Morgan fingerprint density at radius 1 is 0.886 bits per heavy atom. The zero-order chi connectivity index (χ0) is 64.0. The predicted molar refractivity (Wildman–Crippen MR) is 362 cm³/mol. The molecule has 2 aliphatic carbocycles. The third-order valence-corrected chi connectivity index (χ3v) is 18.2. The topological polar surface area (TPSA) is 137 Å². The lowest BCUT2D eigenvalue weighted by atomic mass is 9.76. The van der Waals surface area contributed by atoms with Gasteiger partial charge in [0.25, 0.3) is 5.91 Å². The van der Waals surface area contributed by atoms with Crippen molar-refractivity contribution in [3.63, 3.8) is 0 Å². The number of rotatable bonds is 28. The molecule has 5 atom stereocenters.